The molecule has 0 aromatic heterocycles. The number of aryl methyl sites for hydroxylation is 1. The number of sulfonamides is 1. The summed E-state index contributed by atoms with van der Waals surface area (Å²) < 4.78 is 31.8. The van der Waals surface area contributed by atoms with Gasteiger partial charge >= 0.3 is 0 Å². The molecule has 1 aliphatic rings. The van der Waals surface area contributed by atoms with E-state index in [1.807, 2.05) is 19.1 Å². The molecule has 0 unspecified atom stereocenters. The number of rotatable bonds is 3. The summed E-state index contributed by atoms with van der Waals surface area (Å²) in [5.41, 5.74) is 0.798. The van der Waals surface area contributed by atoms with Crippen molar-refractivity contribution < 1.29 is 13.2 Å². The SMILES string of the molecule is COC1CCN(S(=O)(=O)c2ccccc2C)CC1. The minimum Gasteiger partial charge on any atom is -0.381 e. The summed E-state index contributed by atoms with van der Waals surface area (Å²) in [5, 5.41) is 0. The van der Waals surface area contributed by atoms with Crippen LogP contribution in [0.5, 0.6) is 0 Å². The number of nitrogens with zero attached hydrogens (tertiary/aromatic N) is 1. The van der Waals surface area contributed by atoms with Crippen LogP contribution in [-0.4, -0.2) is 39.0 Å². The normalized spacial score (nSPS) is 19.0. The Morgan fingerprint density at radius 2 is 1.83 bits per heavy atom. The third-order valence-corrected chi connectivity index (χ3v) is 5.50. The number of hydrogen-bond acceptors (Lipinski definition) is 3. The molecule has 0 radical (unpaired) electrons. The first kappa shape index (κ1) is 13.5. The standard InChI is InChI=1S/C13H19NO3S/c1-11-5-3-4-6-13(11)18(15,16)14-9-7-12(17-2)8-10-14/h3-6,12H,7-10H2,1-2H3. The highest BCUT2D eigenvalue weighted by Crippen LogP contribution is 2.23. The average molecular weight is 269 g/mol. The minimum atomic E-state index is -3.35. The lowest BCUT2D eigenvalue weighted by Gasteiger charge is -2.30. The Hall–Kier alpha value is -0.910. The summed E-state index contributed by atoms with van der Waals surface area (Å²) in [4.78, 5) is 0.417. The van der Waals surface area contributed by atoms with E-state index in [4.69, 9.17) is 4.74 Å². The van der Waals surface area contributed by atoms with Crippen LogP contribution in [0.25, 0.3) is 0 Å². The Morgan fingerprint density at radius 1 is 1.22 bits per heavy atom. The molecule has 0 aliphatic carbocycles. The van der Waals surface area contributed by atoms with Crippen LogP contribution in [0.3, 0.4) is 0 Å². The van der Waals surface area contributed by atoms with E-state index in [9.17, 15) is 8.42 Å². The fourth-order valence-electron chi connectivity index (χ4n) is 2.29. The summed E-state index contributed by atoms with van der Waals surface area (Å²) in [7, 11) is -1.67. The van der Waals surface area contributed by atoms with E-state index >= 15 is 0 Å². The van der Waals surface area contributed by atoms with Gasteiger partial charge in [-0.25, -0.2) is 8.42 Å². The van der Waals surface area contributed by atoms with Crippen LogP contribution in [0.1, 0.15) is 18.4 Å². The van der Waals surface area contributed by atoms with Crippen molar-refractivity contribution in [1.29, 1.82) is 0 Å². The van der Waals surface area contributed by atoms with Gasteiger partial charge in [0, 0.05) is 20.2 Å². The molecule has 1 aliphatic heterocycles. The highest BCUT2D eigenvalue weighted by atomic mass is 32.2. The summed E-state index contributed by atoms with van der Waals surface area (Å²) >= 11 is 0. The van der Waals surface area contributed by atoms with Gasteiger partial charge in [0.05, 0.1) is 11.0 Å². The molecule has 4 nitrogen and oxygen atoms in total. The second-order valence-electron chi connectivity index (χ2n) is 4.60. The smallest absolute Gasteiger partial charge is 0.243 e. The van der Waals surface area contributed by atoms with Gasteiger partial charge in [0.1, 0.15) is 0 Å². The molecule has 0 bridgehead atoms. The summed E-state index contributed by atoms with van der Waals surface area (Å²) in [6, 6.07) is 7.12. The lowest BCUT2D eigenvalue weighted by atomic mass is 10.1. The molecule has 1 saturated heterocycles. The number of benzene rings is 1. The van der Waals surface area contributed by atoms with Crippen LogP contribution in [0.15, 0.2) is 29.2 Å². The predicted molar refractivity (Wildman–Crippen MR) is 70.0 cm³/mol. The lowest BCUT2D eigenvalue weighted by molar-refractivity contribution is 0.0604. The molecule has 1 heterocycles. The Morgan fingerprint density at radius 3 is 2.39 bits per heavy atom. The van der Waals surface area contributed by atoms with Gasteiger partial charge in [0.2, 0.25) is 10.0 Å². The quantitative estimate of drug-likeness (QED) is 0.840. The third-order valence-electron chi connectivity index (χ3n) is 3.45. The van der Waals surface area contributed by atoms with Crippen LogP contribution in [0.2, 0.25) is 0 Å². The zero-order valence-electron chi connectivity index (χ0n) is 10.8. The number of hydrogen-bond donors (Lipinski definition) is 0. The largest absolute Gasteiger partial charge is 0.381 e. The highest BCUT2D eigenvalue weighted by Gasteiger charge is 2.29. The van der Waals surface area contributed by atoms with Crippen molar-refractivity contribution in [1.82, 2.24) is 4.31 Å². The molecule has 100 valence electrons. The Labute approximate surface area is 109 Å². The molecule has 0 spiro atoms. The number of ether oxygens (including phenoxy) is 1. The molecule has 5 heteroatoms. The van der Waals surface area contributed by atoms with Crippen LogP contribution in [0, 0.1) is 6.92 Å². The van der Waals surface area contributed by atoms with Crippen molar-refractivity contribution in [3.05, 3.63) is 29.8 Å². The molecule has 0 N–H and O–H groups in total. The van der Waals surface area contributed by atoms with Crippen molar-refractivity contribution in [2.75, 3.05) is 20.2 Å². The fraction of sp³-hybridized carbons (Fsp3) is 0.538. The maximum absolute atomic E-state index is 12.5. The molecule has 0 amide bonds. The van der Waals surface area contributed by atoms with Crippen molar-refractivity contribution in [3.63, 3.8) is 0 Å². The molecule has 1 fully saturated rings. The van der Waals surface area contributed by atoms with Crippen LogP contribution >= 0.6 is 0 Å². The summed E-state index contributed by atoms with van der Waals surface area (Å²) in [5.74, 6) is 0. The third kappa shape index (κ3) is 2.58. The van der Waals surface area contributed by atoms with Gasteiger partial charge in [-0.3, -0.25) is 0 Å². The maximum atomic E-state index is 12.5. The molecular formula is C13H19NO3S. The van der Waals surface area contributed by atoms with Gasteiger partial charge in [-0.15, -0.1) is 0 Å². The first-order chi connectivity index (χ1) is 8.55. The summed E-state index contributed by atoms with van der Waals surface area (Å²) in [6.45, 7) is 2.90. The fourth-order valence-corrected chi connectivity index (χ4v) is 3.99. The van der Waals surface area contributed by atoms with Crippen molar-refractivity contribution in [3.8, 4) is 0 Å². The second-order valence-corrected chi connectivity index (χ2v) is 6.51. The monoisotopic (exact) mass is 269 g/mol. The van der Waals surface area contributed by atoms with E-state index in [0.29, 0.717) is 18.0 Å². The molecule has 1 aromatic carbocycles. The highest BCUT2D eigenvalue weighted by molar-refractivity contribution is 7.89. The van der Waals surface area contributed by atoms with E-state index in [-0.39, 0.29) is 6.10 Å². The molecular weight excluding hydrogens is 250 g/mol. The van der Waals surface area contributed by atoms with E-state index in [1.165, 1.54) is 0 Å². The van der Waals surface area contributed by atoms with Crippen LogP contribution in [-0.2, 0) is 14.8 Å². The number of piperidine rings is 1. The summed E-state index contributed by atoms with van der Waals surface area (Å²) in [6.07, 6.45) is 1.72. The Bertz CT molecular complexity index is 505. The molecule has 0 saturated carbocycles. The Kier molecular flexibility index (Phi) is 4.04. The topological polar surface area (TPSA) is 46.6 Å². The first-order valence-corrected chi connectivity index (χ1v) is 7.58. The van der Waals surface area contributed by atoms with Crippen molar-refractivity contribution in [2.24, 2.45) is 0 Å². The predicted octanol–water partition coefficient (Wildman–Crippen LogP) is 1.79. The van der Waals surface area contributed by atoms with Gasteiger partial charge in [-0.2, -0.15) is 4.31 Å². The van der Waals surface area contributed by atoms with Gasteiger partial charge in [-0.05, 0) is 31.4 Å². The van der Waals surface area contributed by atoms with Crippen LogP contribution in [0.4, 0.5) is 0 Å². The molecule has 0 atom stereocenters. The zero-order chi connectivity index (χ0) is 13.2. The first-order valence-electron chi connectivity index (χ1n) is 6.14. The van der Waals surface area contributed by atoms with Gasteiger partial charge in [0.15, 0.2) is 0 Å². The van der Waals surface area contributed by atoms with Gasteiger partial charge in [0.25, 0.3) is 0 Å². The van der Waals surface area contributed by atoms with E-state index in [0.717, 1.165) is 18.4 Å². The number of methoxy groups -OCH3 is 1. The minimum absolute atomic E-state index is 0.188. The molecule has 2 rings (SSSR count). The van der Waals surface area contributed by atoms with Crippen LogP contribution < -0.4 is 0 Å². The lowest BCUT2D eigenvalue weighted by Crippen LogP contribution is -2.40. The van der Waals surface area contributed by atoms with E-state index < -0.39 is 10.0 Å². The van der Waals surface area contributed by atoms with Gasteiger partial charge < -0.3 is 4.74 Å². The van der Waals surface area contributed by atoms with Crippen molar-refractivity contribution in [2.45, 2.75) is 30.8 Å². The Balaban J connectivity index is 2.20. The van der Waals surface area contributed by atoms with E-state index in [1.54, 1.807) is 23.5 Å². The second kappa shape index (κ2) is 5.38. The van der Waals surface area contributed by atoms with Gasteiger partial charge in [-0.1, -0.05) is 18.2 Å². The van der Waals surface area contributed by atoms with Crippen molar-refractivity contribution >= 4 is 10.0 Å². The zero-order valence-corrected chi connectivity index (χ0v) is 11.6. The molecule has 1 aromatic rings. The maximum Gasteiger partial charge on any atom is 0.243 e. The van der Waals surface area contributed by atoms with E-state index in [2.05, 4.69) is 0 Å². The molecule has 18 heavy (non-hydrogen) atoms. The average Bonchev–Trinajstić information content (AvgIpc) is 2.39.